The molecule has 0 spiro atoms. The fraction of sp³-hybridized carbons (Fsp3) is 0.500. The van der Waals surface area contributed by atoms with Gasteiger partial charge in [0.05, 0.1) is 10.9 Å². The molecular formula is C14H19N5. The molecule has 1 N–H and O–H groups in total. The summed E-state index contributed by atoms with van der Waals surface area (Å²) in [5.41, 5.74) is 0.944. The molecule has 100 valence electrons. The lowest BCUT2D eigenvalue weighted by Gasteiger charge is -2.23. The van der Waals surface area contributed by atoms with Gasteiger partial charge in [0, 0.05) is 38.1 Å². The number of nitrogens with one attached hydrogen (secondary N) is 1. The summed E-state index contributed by atoms with van der Waals surface area (Å²) in [6.07, 6.45) is 7.71. The number of aromatic nitrogens is 3. The van der Waals surface area contributed by atoms with E-state index in [9.17, 15) is 0 Å². The number of likely N-dealkylation sites (N-methyl/N-ethyl adjacent to an activating group) is 1. The summed E-state index contributed by atoms with van der Waals surface area (Å²) in [7, 11) is 2.08. The highest BCUT2D eigenvalue weighted by Crippen LogP contribution is 2.22. The SMILES string of the molecule is CC1CCC(CN(C)c2ncnc3ccncc23)N1. The van der Waals surface area contributed by atoms with E-state index in [-0.39, 0.29) is 0 Å². The lowest BCUT2D eigenvalue weighted by molar-refractivity contribution is 0.557. The van der Waals surface area contributed by atoms with Crippen LogP contribution in [-0.2, 0) is 0 Å². The van der Waals surface area contributed by atoms with Crippen LogP contribution in [0.4, 0.5) is 5.82 Å². The molecule has 1 fully saturated rings. The second-order valence-electron chi connectivity index (χ2n) is 5.31. The van der Waals surface area contributed by atoms with E-state index in [0.717, 1.165) is 23.3 Å². The van der Waals surface area contributed by atoms with Crippen LogP contribution in [0.2, 0.25) is 0 Å². The Bertz CT molecular complexity index is 565. The van der Waals surface area contributed by atoms with Gasteiger partial charge in [-0.25, -0.2) is 9.97 Å². The predicted octanol–water partition coefficient (Wildman–Crippen LogP) is 1.60. The second-order valence-corrected chi connectivity index (χ2v) is 5.31. The first-order valence-electron chi connectivity index (χ1n) is 6.76. The molecule has 19 heavy (non-hydrogen) atoms. The third-order valence-electron chi connectivity index (χ3n) is 3.74. The van der Waals surface area contributed by atoms with E-state index in [1.54, 1.807) is 12.5 Å². The largest absolute Gasteiger partial charge is 0.357 e. The maximum atomic E-state index is 4.41. The monoisotopic (exact) mass is 257 g/mol. The van der Waals surface area contributed by atoms with Crippen LogP contribution >= 0.6 is 0 Å². The van der Waals surface area contributed by atoms with E-state index in [4.69, 9.17) is 0 Å². The Morgan fingerprint density at radius 3 is 3.05 bits per heavy atom. The highest BCUT2D eigenvalue weighted by molar-refractivity contribution is 5.88. The van der Waals surface area contributed by atoms with Crippen molar-refractivity contribution in [3.8, 4) is 0 Å². The van der Waals surface area contributed by atoms with Gasteiger partial charge in [-0.15, -0.1) is 0 Å². The highest BCUT2D eigenvalue weighted by atomic mass is 15.2. The average molecular weight is 257 g/mol. The molecule has 5 heteroatoms. The highest BCUT2D eigenvalue weighted by Gasteiger charge is 2.22. The summed E-state index contributed by atoms with van der Waals surface area (Å²) < 4.78 is 0. The number of pyridine rings is 1. The van der Waals surface area contributed by atoms with Crippen LogP contribution < -0.4 is 10.2 Å². The summed E-state index contributed by atoms with van der Waals surface area (Å²) in [4.78, 5) is 15.1. The third-order valence-corrected chi connectivity index (χ3v) is 3.74. The van der Waals surface area contributed by atoms with Crippen molar-refractivity contribution in [3.05, 3.63) is 24.8 Å². The molecule has 5 nitrogen and oxygen atoms in total. The Labute approximate surface area is 113 Å². The summed E-state index contributed by atoms with van der Waals surface area (Å²) in [6, 6.07) is 3.09. The molecule has 3 rings (SSSR count). The molecule has 2 aromatic heterocycles. The van der Waals surface area contributed by atoms with Gasteiger partial charge in [0.2, 0.25) is 0 Å². The predicted molar refractivity (Wildman–Crippen MR) is 76.2 cm³/mol. The van der Waals surface area contributed by atoms with Crippen molar-refractivity contribution in [2.24, 2.45) is 0 Å². The first-order valence-corrected chi connectivity index (χ1v) is 6.76. The van der Waals surface area contributed by atoms with E-state index in [1.165, 1.54) is 12.8 Å². The van der Waals surface area contributed by atoms with Crippen molar-refractivity contribution in [3.63, 3.8) is 0 Å². The molecule has 2 aromatic rings. The molecule has 2 unspecified atom stereocenters. The normalized spacial score (nSPS) is 22.8. The molecule has 0 aromatic carbocycles. The number of nitrogens with zero attached hydrogens (tertiary/aromatic N) is 4. The molecule has 3 heterocycles. The zero-order valence-electron chi connectivity index (χ0n) is 11.4. The van der Waals surface area contributed by atoms with Crippen LogP contribution in [0.1, 0.15) is 19.8 Å². The van der Waals surface area contributed by atoms with Crippen LogP contribution in [0.3, 0.4) is 0 Å². The number of hydrogen-bond acceptors (Lipinski definition) is 5. The van der Waals surface area contributed by atoms with E-state index < -0.39 is 0 Å². The number of fused-ring (bicyclic) bond motifs is 1. The Balaban J connectivity index is 1.83. The Kier molecular flexibility index (Phi) is 3.29. The van der Waals surface area contributed by atoms with Gasteiger partial charge >= 0.3 is 0 Å². The van der Waals surface area contributed by atoms with Gasteiger partial charge in [-0.1, -0.05) is 0 Å². The molecule has 0 saturated carbocycles. The standard InChI is InChI=1S/C14H19N5/c1-10-3-4-11(18-10)8-19(2)14-12-7-15-6-5-13(12)16-9-17-14/h5-7,9-11,18H,3-4,8H2,1-2H3. The van der Waals surface area contributed by atoms with E-state index in [1.807, 2.05) is 12.3 Å². The lowest BCUT2D eigenvalue weighted by Crippen LogP contribution is -2.37. The van der Waals surface area contributed by atoms with Gasteiger partial charge in [0.25, 0.3) is 0 Å². The third kappa shape index (κ3) is 2.51. The van der Waals surface area contributed by atoms with Gasteiger partial charge in [0.1, 0.15) is 12.1 Å². The molecule has 0 radical (unpaired) electrons. The van der Waals surface area contributed by atoms with Gasteiger partial charge in [0.15, 0.2) is 0 Å². The molecule has 2 atom stereocenters. The van der Waals surface area contributed by atoms with Crippen molar-refractivity contribution in [1.29, 1.82) is 0 Å². The summed E-state index contributed by atoms with van der Waals surface area (Å²) >= 11 is 0. The summed E-state index contributed by atoms with van der Waals surface area (Å²) in [6.45, 7) is 3.20. The molecule has 0 bridgehead atoms. The quantitative estimate of drug-likeness (QED) is 0.905. The Morgan fingerprint density at radius 1 is 1.37 bits per heavy atom. The molecule has 0 aliphatic carbocycles. The zero-order chi connectivity index (χ0) is 13.2. The van der Waals surface area contributed by atoms with Crippen molar-refractivity contribution in [2.75, 3.05) is 18.5 Å². The van der Waals surface area contributed by atoms with Gasteiger partial charge in [-0.05, 0) is 25.8 Å². The molecular weight excluding hydrogens is 238 g/mol. The second kappa shape index (κ2) is 5.09. The van der Waals surface area contributed by atoms with E-state index in [2.05, 4.69) is 39.1 Å². The van der Waals surface area contributed by atoms with Crippen LogP contribution in [0, 0.1) is 0 Å². The van der Waals surface area contributed by atoms with Crippen molar-refractivity contribution in [1.82, 2.24) is 20.3 Å². The minimum absolute atomic E-state index is 0.543. The molecule has 0 amide bonds. The Morgan fingerprint density at radius 2 is 2.26 bits per heavy atom. The van der Waals surface area contributed by atoms with Crippen molar-refractivity contribution >= 4 is 16.7 Å². The van der Waals surface area contributed by atoms with Crippen LogP contribution in [-0.4, -0.2) is 40.6 Å². The maximum Gasteiger partial charge on any atom is 0.141 e. The lowest BCUT2D eigenvalue weighted by atomic mass is 10.2. The molecule has 1 aliphatic rings. The van der Waals surface area contributed by atoms with Crippen molar-refractivity contribution in [2.45, 2.75) is 31.8 Å². The van der Waals surface area contributed by atoms with Gasteiger partial charge < -0.3 is 10.2 Å². The van der Waals surface area contributed by atoms with Gasteiger partial charge in [-0.2, -0.15) is 0 Å². The van der Waals surface area contributed by atoms with Crippen molar-refractivity contribution < 1.29 is 0 Å². The first kappa shape index (κ1) is 12.3. The minimum atomic E-state index is 0.543. The molecule has 1 aliphatic heterocycles. The van der Waals surface area contributed by atoms with Crippen LogP contribution in [0.25, 0.3) is 10.9 Å². The Hall–Kier alpha value is -1.75. The number of anilines is 1. The summed E-state index contributed by atoms with van der Waals surface area (Å²) in [5, 5.41) is 4.61. The van der Waals surface area contributed by atoms with Crippen LogP contribution in [0.15, 0.2) is 24.8 Å². The smallest absolute Gasteiger partial charge is 0.141 e. The topological polar surface area (TPSA) is 53.9 Å². The zero-order valence-corrected chi connectivity index (χ0v) is 11.4. The van der Waals surface area contributed by atoms with E-state index >= 15 is 0 Å². The summed E-state index contributed by atoms with van der Waals surface area (Å²) in [5.74, 6) is 0.958. The number of hydrogen-bond donors (Lipinski definition) is 1. The fourth-order valence-electron chi connectivity index (χ4n) is 2.77. The first-order chi connectivity index (χ1) is 9.24. The maximum absolute atomic E-state index is 4.41. The fourth-order valence-corrected chi connectivity index (χ4v) is 2.77. The van der Waals surface area contributed by atoms with Gasteiger partial charge in [-0.3, -0.25) is 4.98 Å². The molecule has 1 saturated heterocycles. The number of rotatable bonds is 3. The van der Waals surface area contributed by atoms with E-state index in [0.29, 0.717) is 12.1 Å². The minimum Gasteiger partial charge on any atom is -0.357 e. The average Bonchev–Trinajstić information content (AvgIpc) is 2.83. The van der Waals surface area contributed by atoms with Crippen LogP contribution in [0.5, 0.6) is 0 Å².